The van der Waals surface area contributed by atoms with Crippen molar-refractivity contribution in [2.75, 3.05) is 25.0 Å². The summed E-state index contributed by atoms with van der Waals surface area (Å²) in [4.78, 5) is 25.3. The van der Waals surface area contributed by atoms with E-state index in [4.69, 9.17) is 5.11 Å². The molecule has 0 aliphatic heterocycles. The van der Waals surface area contributed by atoms with Crippen molar-refractivity contribution in [3.63, 3.8) is 0 Å². The molecule has 2 N–H and O–H groups in total. The van der Waals surface area contributed by atoms with Crippen molar-refractivity contribution in [2.45, 2.75) is 32.2 Å². The first kappa shape index (κ1) is 15.7. The standard InChI is InChI=1S/C16H22N2O3/c1-12(20)13-2-4-14(5-3-13)17-16(21)8-9-18(10-11-19)15-6-7-15/h2-5,15,19H,6-11H2,1H3,(H,17,21). The molecule has 0 spiro atoms. The second kappa shape index (κ2) is 7.33. The third-order valence-corrected chi connectivity index (χ3v) is 3.65. The van der Waals surface area contributed by atoms with E-state index in [0.717, 1.165) is 12.8 Å². The van der Waals surface area contributed by atoms with Crippen LogP contribution in [-0.2, 0) is 4.79 Å². The summed E-state index contributed by atoms with van der Waals surface area (Å²) in [6, 6.07) is 7.43. The monoisotopic (exact) mass is 290 g/mol. The van der Waals surface area contributed by atoms with Gasteiger partial charge in [0.05, 0.1) is 6.61 Å². The lowest BCUT2D eigenvalue weighted by Gasteiger charge is -2.20. The fourth-order valence-electron chi connectivity index (χ4n) is 2.30. The maximum Gasteiger partial charge on any atom is 0.225 e. The molecule has 1 saturated carbocycles. The highest BCUT2D eigenvalue weighted by Gasteiger charge is 2.28. The highest BCUT2D eigenvalue weighted by Crippen LogP contribution is 2.26. The topological polar surface area (TPSA) is 69.6 Å². The van der Waals surface area contributed by atoms with Gasteiger partial charge in [-0.3, -0.25) is 14.5 Å². The maximum absolute atomic E-state index is 11.9. The third kappa shape index (κ3) is 4.95. The van der Waals surface area contributed by atoms with Crippen molar-refractivity contribution >= 4 is 17.4 Å². The Bertz CT molecular complexity index is 495. The molecule has 0 saturated heterocycles. The number of hydrogen-bond acceptors (Lipinski definition) is 4. The number of hydrogen-bond donors (Lipinski definition) is 2. The number of nitrogens with zero attached hydrogens (tertiary/aromatic N) is 1. The van der Waals surface area contributed by atoms with Crippen LogP contribution in [0, 0.1) is 0 Å². The summed E-state index contributed by atoms with van der Waals surface area (Å²) in [5, 5.41) is 11.8. The Hall–Kier alpha value is -1.72. The van der Waals surface area contributed by atoms with Crippen LogP contribution in [0.5, 0.6) is 0 Å². The van der Waals surface area contributed by atoms with Gasteiger partial charge in [0.15, 0.2) is 5.78 Å². The lowest BCUT2D eigenvalue weighted by Crippen LogP contribution is -2.32. The van der Waals surface area contributed by atoms with E-state index in [1.807, 2.05) is 0 Å². The second-order valence-electron chi connectivity index (χ2n) is 5.42. The molecule has 0 atom stereocenters. The molecule has 1 aromatic carbocycles. The normalized spacial score (nSPS) is 14.2. The number of Topliss-reactive ketones (excluding diaryl/α,β-unsaturated/α-hetero) is 1. The summed E-state index contributed by atoms with van der Waals surface area (Å²) in [6.07, 6.45) is 2.73. The van der Waals surface area contributed by atoms with Gasteiger partial charge in [-0.15, -0.1) is 0 Å². The summed E-state index contributed by atoms with van der Waals surface area (Å²) in [6.45, 7) is 2.94. The van der Waals surface area contributed by atoms with Gasteiger partial charge < -0.3 is 10.4 Å². The lowest BCUT2D eigenvalue weighted by molar-refractivity contribution is -0.116. The van der Waals surface area contributed by atoms with Gasteiger partial charge in [0.1, 0.15) is 0 Å². The minimum Gasteiger partial charge on any atom is -0.395 e. The smallest absolute Gasteiger partial charge is 0.225 e. The lowest BCUT2D eigenvalue weighted by atomic mass is 10.1. The molecule has 21 heavy (non-hydrogen) atoms. The van der Waals surface area contributed by atoms with E-state index in [1.165, 1.54) is 6.92 Å². The fraction of sp³-hybridized carbons (Fsp3) is 0.500. The molecule has 5 heteroatoms. The third-order valence-electron chi connectivity index (χ3n) is 3.65. The van der Waals surface area contributed by atoms with E-state index >= 15 is 0 Å². The molecular formula is C16H22N2O3. The largest absolute Gasteiger partial charge is 0.395 e. The van der Waals surface area contributed by atoms with Crippen molar-refractivity contribution in [2.24, 2.45) is 0 Å². The quantitative estimate of drug-likeness (QED) is 0.715. The summed E-state index contributed by atoms with van der Waals surface area (Å²) in [7, 11) is 0. The Morgan fingerprint density at radius 1 is 1.24 bits per heavy atom. The minimum atomic E-state index is -0.0471. The fourth-order valence-corrected chi connectivity index (χ4v) is 2.30. The molecule has 5 nitrogen and oxygen atoms in total. The van der Waals surface area contributed by atoms with E-state index < -0.39 is 0 Å². The number of anilines is 1. The van der Waals surface area contributed by atoms with Crippen molar-refractivity contribution in [1.29, 1.82) is 0 Å². The molecule has 0 bridgehead atoms. The van der Waals surface area contributed by atoms with E-state index in [9.17, 15) is 9.59 Å². The van der Waals surface area contributed by atoms with Crippen LogP contribution in [0.2, 0.25) is 0 Å². The minimum absolute atomic E-state index is 0.0111. The second-order valence-corrected chi connectivity index (χ2v) is 5.42. The Balaban J connectivity index is 1.79. The zero-order valence-electron chi connectivity index (χ0n) is 12.3. The van der Waals surface area contributed by atoms with Crippen LogP contribution < -0.4 is 5.32 Å². The Morgan fingerprint density at radius 2 is 1.90 bits per heavy atom. The number of carbonyl (C=O) groups excluding carboxylic acids is 2. The number of ketones is 1. The van der Waals surface area contributed by atoms with Gasteiger partial charge in [-0.05, 0) is 44.0 Å². The molecule has 0 unspecified atom stereocenters. The number of amides is 1. The first-order valence-electron chi connectivity index (χ1n) is 7.36. The summed E-state index contributed by atoms with van der Waals surface area (Å²) in [5.74, 6) is -0.0360. The predicted octanol–water partition coefficient (Wildman–Crippen LogP) is 1.67. The summed E-state index contributed by atoms with van der Waals surface area (Å²) >= 11 is 0. The molecular weight excluding hydrogens is 268 g/mol. The van der Waals surface area contributed by atoms with Crippen molar-refractivity contribution < 1.29 is 14.7 Å². The Morgan fingerprint density at radius 3 is 2.43 bits per heavy atom. The first-order valence-corrected chi connectivity index (χ1v) is 7.36. The zero-order chi connectivity index (χ0) is 15.2. The average Bonchev–Trinajstić information content (AvgIpc) is 3.28. The Labute approximate surface area is 125 Å². The van der Waals surface area contributed by atoms with Gasteiger partial charge in [0, 0.05) is 36.8 Å². The van der Waals surface area contributed by atoms with Gasteiger partial charge in [-0.1, -0.05) is 0 Å². The molecule has 1 fully saturated rings. The molecule has 0 aromatic heterocycles. The number of aliphatic hydroxyl groups excluding tert-OH is 1. The molecule has 114 valence electrons. The van der Waals surface area contributed by atoms with Crippen LogP contribution in [0.15, 0.2) is 24.3 Å². The van der Waals surface area contributed by atoms with Gasteiger partial charge in [0.2, 0.25) is 5.91 Å². The van der Waals surface area contributed by atoms with Crippen LogP contribution in [-0.4, -0.2) is 47.4 Å². The number of carbonyl (C=O) groups is 2. The number of nitrogens with one attached hydrogen (secondary N) is 1. The molecule has 1 aliphatic rings. The molecule has 1 amide bonds. The Kier molecular flexibility index (Phi) is 5.47. The molecule has 1 aliphatic carbocycles. The molecule has 0 radical (unpaired) electrons. The van der Waals surface area contributed by atoms with Crippen molar-refractivity contribution in [3.8, 4) is 0 Å². The highest BCUT2D eigenvalue weighted by molar-refractivity contribution is 5.95. The van der Waals surface area contributed by atoms with E-state index in [1.54, 1.807) is 24.3 Å². The highest BCUT2D eigenvalue weighted by atomic mass is 16.3. The number of benzene rings is 1. The summed E-state index contributed by atoms with van der Waals surface area (Å²) < 4.78 is 0. The van der Waals surface area contributed by atoms with E-state index in [2.05, 4.69) is 10.2 Å². The van der Waals surface area contributed by atoms with Crippen LogP contribution in [0.25, 0.3) is 0 Å². The summed E-state index contributed by atoms with van der Waals surface area (Å²) in [5.41, 5.74) is 1.33. The van der Waals surface area contributed by atoms with Crippen LogP contribution in [0.3, 0.4) is 0 Å². The number of aliphatic hydroxyl groups is 1. The zero-order valence-corrected chi connectivity index (χ0v) is 12.3. The van der Waals surface area contributed by atoms with Crippen molar-refractivity contribution in [1.82, 2.24) is 4.90 Å². The van der Waals surface area contributed by atoms with Crippen molar-refractivity contribution in [3.05, 3.63) is 29.8 Å². The first-order chi connectivity index (χ1) is 10.1. The van der Waals surface area contributed by atoms with Gasteiger partial charge in [-0.2, -0.15) is 0 Å². The van der Waals surface area contributed by atoms with Crippen LogP contribution in [0.1, 0.15) is 36.5 Å². The average molecular weight is 290 g/mol. The maximum atomic E-state index is 11.9. The van der Waals surface area contributed by atoms with Crippen LogP contribution in [0.4, 0.5) is 5.69 Å². The predicted molar refractivity (Wildman–Crippen MR) is 81.4 cm³/mol. The number of rotatable bonds is 8. The molecule has 2 rings (SSSR count). The molecule has 0 heterocycles. The van der Waals surface area contributed by atoms with Gasteiger partial charge in [0.25, 0.3) is 0 Å². The molecule has 1 aromatic rings. The van der Waals surface area contributed by atoms with Gasteiger partial charge >= 0.3 is 0 Å². The SMILES string of the molecule is CC(=O)c1ccc(NC(=O)CCN(CCO)C2CC2)cc1. The van der Waals surface area contributed by atoms with Crippen LogP contribution >= 0.6 is 0 Å². The van der Waals surface area contributed by atoms with Gasteiger partial charge in [-0.25, -0.2) is 0 Å². The van der Waals surface area contributed by atoms with E-state index in [0.29, 0.717) is 36.8 Å². The van der Waals surface area contributed by atoms with E-state index in [-0.39, 0.29) is 18.3 Å².